The summed E-state index contributed by atoms with van der Waals surface area (Å²) in [5, 5.41) is 3.08. The monoisotopic (exact) mass is 297 g/mol. The molecule has 0 spiro atoms. The van der Waals surface area contributed by atoms with Gasteiger partial charge in [0, 0.05) is 19.1 Å². The Balaban J connectivity index is 2.58. The zero-order chi connectivity index (χ0) is 15.5. The number of hydrogen-bond acceptors (Lipinski definition) is 3. The molecule has 1 rings (SSSR count). The van der Waals surface area contributed by atoms with E-state index in [2.05, 4.69) is 24.1 Å². The van der Waals surface area contributed by atoms with Crippen LogP contribution in [0.1, 0.15) is 71.6 Å². The van der Waals surface area contributed by atoms with Crippen LogP contribution in [-0.4, -0.2) is 42.5 Å². The molecule has 0 saturated heterocycles. The fourth-order valence-corrected chi connectivity index (χ4v) is 3.24. The largest absolute Gasteiger partial charge is 0.355 e. The third kappa shape index (κ3) is 6.79. The van der Waals surface area contributed by atoms with E-state index >= 15 is 0 Å². The Hall–Kier alpha value is -0.610. The number of nitrogens with zero attached hydrogens (tertiary/aromatic N) is 1. The summed E-state index contributed by atoms with van der Waals surface area (Å²) in [6.45, 7) is 6.66. The van der Waals surface area contributed by atoms with Gasteiger partial charge in [0.2, 0.25) is 5.91 Å². The maximum atomic E-state index is 12.4. The van der Waals surface area contributed by atoms with Gasteiger partial charge >= 0.3 is 0 Å². The maximum Gasteiger partial charge on any atom is 0.237 e. The van der Waals surface area contributed by atoms with Gasteiger partial charge in [-0.25, -0.2) is 0 Å². The number of carbonyl (C=O) groups excluding carboxylic acids is 1. The van der Waals surface area contributed by atoms with Crippen LogP contribution < -0.4 is 11.1 Å². The normalized spacial score (nSPS) is 18.5. The second-order valence-electron chi connectivity index (χ2n) is 6.35. The lowest BCUT2D eigenvalue weighted by atomic mass is 10.0. The van der Waals surface area contributed by atoms with E-state index in [9.17, 15) is 4.79 Å². The number of nitrogens with two attached hydrogens (primary N) is 1. The van der Waals surface area contributed by atoms with Crippen molar-refractivity contribution < 1.29 is 4.79 Å². The molecule has 1 atom stereocenters. The Kier molecular flexibility index (Phi) is 9.68. The van der Waals surface area contributed by atoms with Crippen LogP contribution in [0.25, 0.3) is 0 Å². The second-order valence-corrected chi connectivity index (χ2v) is 6.35. The lowest BCUT2D eigenvalue weighted by Crippen LogP contribution is -2.50. The van der Waals surface area contributed by atoms with Crippen LogP contribution in [0, 0.1) is 0 Å². The van der Waals surface area contributed by atoms with Gasteiger partial charge in [-0.1, -0.05) is 39.0 Å². The highest BCUT2D eigenvalue weighted by Crippen LogP contribution is 2.23. The summed E-state index contributed by atoms with van der Waals surface area (Å²) in [6.07, 6.45) is 10.9. The zero-order valence-electron chi connectivity index (χ0n) is 14.1. The van der Waals surface area contributed by atoms with E-state index < -0.39 is 0 Å². The van der Waals surface area contributed by atoms with Crippen molar-refractivity contribution in [3.63, 3.8) is 0 Å². The summed E-state index contributed by atoms with van der Waals surface area (Å²) < 4.78 is 0. The summed E-state index contributed by atoms with van der Waals surface area (Å²) in [5.74, 6) is 0.185. The third-order valence-electron chi connectivity index (χ3n) is 4.62. The van der Waals surface area contributed by atoms with Crippen molar-refractivity contribution in [1.29, 1.82) is 0 Å². The molecule has 0 bridgehead atoms. The quantitative estimate of drug-likeness (QED) is 0.508. The SMILES string of the molecule is CCCCNC(=O)C(C)N(CCCN)C1CCCCCC1. The van der Waals surface area contributed by atoms with Crippen molar-refractivity contribution in [2.24, 2.45) is 5.73 Å². The summed E-state index contributed by atoms with van der Waals surface area (Å²) in [4.78, 5) is 14.8. The fraction of sp³-hybridized carbons (Fsp3) is 0.941. The Morgan fingerprint density at radius 1 is 1.24 bits per heavy atom. The van der Waals surface area contributed by atoms with E-state index in [1.54, 1.807) is 0 Å². The van der Waals surface area contributed by atoms with Gasteiger partial charge in [-0.15, -0.1) is 0 Å². The van der Waals surface area contributed by atoms with E-state index in [4.69, 9.17) is 5.73 Å². The van der Waals surface area contributed by atoms with Crippen LogP contribution in [0.4, 0.5) is 0 Å². The van der Waals surface area contributed by atoms with Crippen LogP contribution in [0.5, 0.6) is 0 Å². The molecule has 124 valence electrons. The van der Waals surface area contributed by atoms with E-state index in [0.717, 1.165) is 32.4 Å². The Morgan fingerprint density at radius 3 is 2.48 bits per heavy atom. The van der Waals surface area contributed by atoms with Crippen LogP contribution in [0.15, 0.2) is 0 Å². The van der Waals surface area contributed by atoms with Crippen molar-refractivity contribution in [3.05, 3.63) is 0 Å². The molecule has 21 heavy (non-hydrogen) atoms. The van der Waals surface area contributed by atoms with Crippen molar-refractivity contribution in [1.82, 2.24) is 10.2 Å². The van der Waals surface area contributed by atoms with Gasteiger partial charge in [0.25, 0.3) is 0 Å². The van der Waals surface area contributed by atoms with E-state index in [1.165, 1.54) is 38.5 Å². The van der Waals surface area contributed by atoms with Gasteiger partial charge < -0.3 is 11.1 Å². The minimum Gasteiger partial charge on any atom is -0.355 e. The molecular formula is C17H35N3O. The van der Waals surface area contributed by atoms with Gasteiger partial charge in [0.15, 0.2) is 0 Å². The molecule has 0 aromatic rings. The molecule has 3 N–H and O–H groups in total. The molecule has 0 heterocycles. The van der Waals surface area contributed by atoms with Crippen molar-refractivity contribution in [2.75, 3.05) is 19.6 Å². The second kappa shape index (κ2) is 11.0. The highest BCUT2D eigenvalue weighted by atomic mass is 16.2. The first kappa shape index (κ1) is 18.4. The van der Waals surface area contributed by atoms with Gasteiger partial charge in [0.1, 0.15) is 0 Å². The molecule has 4 nitrogen and oxygen atoms in total. The smallest absolute Gasteiger partial charge is 0.237 e. The molecular weight excluding hydrogens is 262 g/mol. The number of rotatable bonds is 9. The van der Waals surface area contributed by atoms with Gasteiger partial charge in [-0.05, 0) is 39.2 Å². The summed E-state index contributed by atoms with van der Waals surface area (Å²) in [7, 11) is 0. The van der Waals surface area contributed by atoms with Gasteiger partial charge in [-0.3, -0.25) is 9.69 Å². The lowest BCUT2D eigenvalue weighted by molar-refractivity contribution is -0.127. The molecule has 1 saturated carbocycles. The first-order chi connectivity index (χ1) is 10.2. The van der Waals surface area contributed by atoms with Crippen LogP contribution in [-0.2, 0) is 4.79 Å². The average Bonchev–Trinajstić information content (AvgIpc) is 2.77. The predicted octanol–water partition coefficient (Wildman–Crippen LogP) is 2.66. The minimum atomic E-state index is -0.0310. The van der Waals surface area contributed by atoms with Gasteiger partial charge in [0.05, 0.1) is 6.04 Å². The molecule has 4 heteroatoms. The zero-order valence-corrected chi connectivity index (χ0v) is 14.1. The molecule has 1 fully saturated rings. The Labute approximate surface area is 130 Å². The van der Waals surface area contributed by atoms with Crippen molar-refractivity contribution in [3.8, 4) is 0 Å². The number of carbonyl (C=O) groups is 1. The number of unbranched alkanes of at least 4 members (excludes halogenated alkanes) is 1. The first-order valence-electron chi connectivity index (χ1n) is 8.94. The first-order valence-corrected chi connectivity index (χ1v) is 8.94. The van der Waals surface area contributed by atoms with Crippen molar-refractivity contribution >= 4 is 5.91 Å². The topological polar surface area (TPSA) is 58.4 Å². The molecule has 0 aliphatic heterocycles. The third-order valence-corrected chi connectivity index (χ3v) is 4.62. The molecule has 1 aliphatic rings. The molecule has 0 aromatic carbocycles. The van der Waals surface area contributed by atoms with Crippen LogP contribution >= 0.6 is 0 Å². The van der Waals surface area contributed by atoms with Crippen molar-refractivity contribution in [2.45, 2.75) is 83.7 Å². The minimum absolute atomic E-state index is 0.0310. The Bertz CT molecular complexity index is 275. The number of nitrogens with one attached hydrogen (secondary N) is 1. The van der Waals surface area contributed by atoms with Crippen LogP contribution in [0.2, 0.25) is 0 Å². The summed E-state index contributed by atoms with van der Waals surface area (Å²) in [6, 6.07) is 0.530. The molecule has 1 unspecified atom stereocenters. The molecule has 1 amide bonds. The predicted molar refractivity (Wildman–Crippen MR) is 89.2 cm³/mol. The summed E-state index contributed by atoms with van der Waals surface area (Å²) in [5.41, 5.74) is 5.68. The lowest BCUT2D eigenvalue weighted by Gasteiger charge is -2.35. The maximum absolute atomic E-state index is 12.4. The summed E-state index contributed by atoms with van der Waals surface area (Å²) >= 11 is 0. The molecule has 0 radical (unpaired) electrons. The standard InChI is InChI=1S/C17H35N3O/c1-3-4-13-19-17(21)15(2)20(14-9-12-18)16-10-7-5-6-8-11-16/h15-16H,3-14,18H2,1-2H3,(H,19,21). The number of amides is 1. The van der Waals surface area contributed by atoms with E-state index in [1.807, 2.05) is 0 Å². The Morgan fingerprint density at radius 2 is 1.90 bits per heavy atom. The molecule has 1 aliphatic carbocycles. The van der Waals surface area contributed by atoms with E-state index in [-0.39, 0.29) is 11.9 Å². The fourth-order valence-electron chi connectivity index (χ4n) is 3.24. The van der Waals surface area contributed by atoms with Gasteiger partial charge in [-0.2, -0.15) is 0 Å². The van der Waals surface area contributed by atoms with E-state index in [0.29, 0.717) is 12.6 Å². The average molecular weight is 297 g/mol. The van der Waals surface area contributed by atoms with Crippen LogP contribution in [0.3, 0.4) is 0 Å². The number of hydrogen-bond donors (Lipinski definition) is 2. The molecule has 0 aromatic heterocycles. The highest BCUT2D eigenvalue weighted by Gasteiger charge is 2.27. The highest BCUT2D eigenvalue weighted by molar-refractivity contribution is 5.81.